The van der Waals surface area contributed by atoms with E-state index in [9.17, 15) is 0 Å². The van der Waals surface area contributed by atoms with Gasteiger partial charge in [0.25, 0.3) is 0 Å². The second-order valence-corrected chi connectivity index (χ2v) is 15.9. The highest BCUT2D eigenvalue weighted by Gasteiger charge is 2.35. The summed E-state index contributed by atoms with van der Waals surface area (Å²) in [7, 11) is 0. The summed E-state index contributed by atoms with van der Waals surface area (Å²) in [5.74, 6) is 2.03. The van der Waals surface area contributed by atoms with Gasteiger partial charge in [0.2, 0.25) is 0 Å². The highest BCUT2D eigenvalue weighted by Crippen LogP contribution is 2.50. The van der Waals surface area contributed by atoms with Gasteiger partial charge in [-0.3, -0.25) is 0 Å². The van der Waals surface area contributed by atoms with Gasteiger partial charge in [0.15, 0.2) is 17.5 Å². The van der Waals surface area contributed by atoms with Gasteiger partial charge in [0.05, 0.1) is 0 Å². The van der Waals surface area contributed by atoms with E-state index in [1.165, 1.54) is 71.3 Å². The number of benzene rings is 8. The van der Waals surface area contributed by atoms with E-state index < -0.39 is 0 Å². The molecular weight excluding hydrogens is 691 g/mol. The van der Waals surface area contributed by atoms with Crippen molar-refractivity contribution >= 4 is 37.9 Å². The van der Waals surface area contributed by atoms with Gasteiger partial charge >= 0.3 is 0 Å². The van der Waals surface area contributed by atoms with Crippen molar-refractivity contribution in [2.24, 2.45) is 0 Å². The standard InChI is InChI=1S/C54H39N3/c1-54(2)49-26-13-12-25-46(49)47-30-27-36(33-50(47)54)40-20-7-6-19-39(40)35-17-14-18-37(31-35)52-55-51(34-15-4-3-5-16-34)56-53(57-52)38-28-29-45-43-23-9-8-21-41(43)42-22-10-11-24-44(42)48(45)32-38/h4,6-33H,3,5H2,1-2H3. The van der Waals surface area contributed by atoms with Crippen LogP contribution in [-0.4, -0.2) is 15.0 Å². The molecule has 9 aromatic rings. The fourth-order valence-electron chi connectivity index (χ4n) is 9.27. The van der Waals surface area contributed by atoms with E-state index in [1.54, 1.807) is 0 Å². The van der Waals surface area contributed by atoms with Crippen LogP contribution < -0.4 is 0 Å². The first-order valence-corrected chi connectivity index (χ1v) is 19.9. The van der Waals surface area contributed by atoms with Crippen LogP contribution in [0.5, 0.6) is 0 Å². The van der Waals surface area contributed by atoms with Crippen LogP contribution in [0.4, 0.5) is 0 Å². The first-order valence-electron chi connectivity index (χ1n) is 19.9. The monoisotopic (exact) mass is 729 g/mol. The van der Waals surface area contributed by atoms with E-state index in [0.717, 1.165) is 35.1 Å². The summed E-state index contributed by atoms with van der Waals surface area (Å²) >= 11 is 0. The van der Waals surface area contributed by atoms with Crippen LogP contribution in [0.25, 0.3) is 94.0 Å². The molecule has 0 unspecified atom stereocenters. The van der Waals surface area contributed by atoms with Gasteiger partial charge < -0.3 is 0 Å². The molecule has 2 aliphatic rings. The fraction of sp³-hybridized carbons (Fsp3) is 0.0926. The fourth-order valence-corrected chi connectivity index (χ4v) is 9.27. The molecule has 1 heterocycles. The Morgan fingerprint density at radius 1 is 0.386 bits per heavy atom. The van der Waals surface area contributed by atoms with Crippen LogP contribution >= 0.6 is 0 Å². The summed E-state index contributed by atoms with van der Waals surface area (Å²) in [4.78, 5) is 15.5. The Bertz CT molecular complexity index is 3130. The molecule has 0 radical (unpaired) electrons. The summed E-state index contributed by atoms with van der Waals surface area (Å²) in [6.45, 7) is 4.69. The third-order valence-corrected chi connectivity index (χ3v) is 12.1. The molecule has 270 valence electrons. The smallest absolute Gasteiger partial charge is 0.164 e. The molecule has 8 aromatic carbocycles. The van der Waals surface area contributed by atoms with Crippen molar-refractivity contribution in [1.29, 1.82) is 0 Å². The Labute approximate surface area is 332 Å². The van der Waals surface area contributed by atoms with Crippen LogP contribution in [0.1, 0.15) is 43.6 Å². The molecule has 0 atom stereocenters. The molecule has 0 spiro atoms. The van der Waals surface area contributed by atoms with Gasteiger partial charge in [0, 0.05) is 22.1 Å². The van der Waals surface area contributed by atoms with Gasteiger partial charge in [-0.1, -0.05) is 172 Å². The number of aromatic nitrogens is 3. The Morgan fingerprint density at radius 3 is 1.60 bits per heavy atom. The van der Waals surface area contributed by atoms with Crippen molar-refractivity contribution in [2.45, 2.75) is 32.1 Å². The van der Waals surface area contributed by atoms with E-state index in [4.69, 9.17) is 15.0 Å². The van der Waals surface area contributed by atoms with Crippen LogP contribution in [0.2, 0.25) is 0 Å². The Morgan fingerprint density at radius 2 is 0.912 bits per heavy atom. The minimum atomic E-state index is -0.0697. The van der Waals surface area contributed by atoms with Gasteiger partial charge in [0.1, 0.15) is 0 Å². The lowest BCUT2D eigenvalue weighted by Gasteiger charge is -2.22. The second kappa shape index (κ2) is 13.1. The molecule has 0 bridgehead atoms. The topological polar surface area (TPSA) is 38.7 Å². The molecular formula is C54H39N3. The van der Waals surface area contributed by atoms with E-state index in [2.05, 4.69) is 190 Å². The average molecular weight is 730 g/mol. The lowest BCUT2D eigenvalue weighted by molar-refractivity contribution is 0.660. The van der Waals surface area contributed by atoms with Crippen molar-refractivity contribution < 1.29 is 0 Å². The number of rotatable bonds is 5. The summed E-state index contributed by atoms with van der Waals surface area (Å²) in [5.41, 5.74) is 13.0. The maximum atomic E-state index is 5.23. The SMILES string of the molecule is CC1(C)c2ccccc2-c2ccc(-c3ccccc3-c3cccc(-c4nc(C5=CCCC=C5)nc(-c5ccc6c7ccccc7c7ccccc7c6c5)n4)c3)cc21. The third-order valence-electron chi connectivity index (χ3n) is 12.1. The minimum Gasteiger partial charge on any atom is -0.208 e. The molecule has 57 heavy (non-hydrogen) atoms. The van der Waals surface area contributed by atoms with Crippen molar-refractivity contribution in [3.63, 3.8) is 0 Å². The average Bonchev–Trinajstić information content (AvgIpc) is 3.51. The zero-order valence-electron chi connectivity index (χ0n) is 32.0. The number of nitrogens with zero attached hydrogens (tertiary/aromatic N) is 3. The Balaban J connectivity index is 1.04. The first-order chi connectivity index (χ1) is 28.0. The largest absolute Gasteiger partial charge is 0.208 e. The maximum absolute atomic E-state index is 5.23. The van der Waals surface area contributed by atoms with Crippen molar-refractivity contribution in [2.75, 3.05) is 0 Å². The molecule has 3 heteroatoms. The lowest BCUT2D eigenvalue weighted by Crippen LogP contribution is -2.14. The quantitative estimate of drug-likeness (QED) is 0.166. The molecule has 0 saturated carbocycles. The highest BCUT2D eigenvalue weighted by atomic mass is 15.0. The van der Waals surface area contributed by atoms with E-state index in [0.29, 0.717) is 17.5 Å². The Kier molecular flexibility index (Phi) is 7.65. The van der Waals surface area contributed by atoms with Gasteiger partial charge in [-0.15, -0.1) is 0 Å². The van der Waals surface area contributed by atoms with Crippen LogP contribution in [0.3, 0.4) is 0 Å². The molecule has 2 aliphatic carbocycles. The van der Waals surface area contributed by atoms with Crippen LogP contribution in [-0.2, 0) is 5.41 Å². The first kappa shape index (κ1) is 33.4. The summed E-state index contributed by atoms with van der Waals surface area (Å²) in [6, 6.07) is 57.3. The molecule has 3 nitrogen and oxygen atoms in total. The van der Waals surface area contributed by atoms with Gasteiger partial charge in [-0.05, 0) is 108 Å². The summed E-state index contributed by atoms with van der Waals surface area (Å²) in [6.07, 6.45) is 8.59. The number of hydrogen-bond donors (Lipinski definition) is 0. The molecule has 0 fully saturated rings. The molecule has 0 N–H and O–H groups in total. The highest BCUT2D eigenvalue weighted by molar-refractivity contribution is 6.25. The zero-order chi connectivity index (χ0) is 38.1. The van der Waals surface area contributed by atoms with Crippen molar-refractivity contribution in [1.82, 2.24) is 15.0 Å². The normalized spacial score (nSPS) is 14.2. The molecule has 11 rings (SSSR count). The third kappa shape index (κ3) is 5.45. The van der Waals surface area contributed by atoms with E-state index in [-0.39, 0.29) is 5.41 Å². The molecule has 0 aliphatic heterocycles. The maximum Gasteiger partial charge on any atom is 0.164 e. The second-order valence-electron chi connectivity index (χ2n) is 15.9. The zero-order valence-corrected chi connectivity index (χ0v) is 32.0. The lowest BCUT2D eigenvalue weighted by atomic mass is 9.81. The molecule has 0 amide bonds. The molecule has 0 saturated heterocycles. The van der Waals surface area contributed by atoms with Crippen molar-refractivity contribution in [3.8, 4) is 56.2 Å². The minimum absolute atomic E-state index is 0.0697. The predicted octanol–water partition coefficient (Wildman–Crippen LogP) is 14.0. The van der Waals surface area contributed by atoms with Gasteiger partial charge in [-0.2, -0.15) is 0 Å². The van der Waals surface area contributed by atoms with E-state index >= 15 is 0 Å². The number of fused-ring (bicyclic) bond motifs is 9. The summed E-state index contributed by atoms with van der Waals surface area (Å²) in [5, 5.41) is 7.41. The summed E-state index contributed by atoms with van der Waals surface area (Å²) < 4.78 is 0. The van der Waals surface area contributed by atoms with Gasteiger partial charge in [-0.25, -0.2) is 15.0 Å². The predicted molar refractivity (Wildman–Crippen MR) is 238 cm³/mol. The van der Waals surface area contributed by atoms with Crippen molar-refractivity contribution in [3.05, 3.63) is 193 Å². The number of allylic oxidation sites excluding steroid dienone is 4. The van der Waals surface area contributed by atoms with E-state index in [1.807, 2.05) is 0 Å². The van der Waals surface area contributed by atoms with Crippen LogP contribution in [0, 0.1) is 0 Å². The molecule has 1 aromatic heterocycles. The number of hydrogen-bond acceptors (Lipinski definition) is 3. The Hall–Kier alpha value is -6.97. The van der Waals surface area contributed by atoms with Crippen LogP contribution in [0.15, 0.2) is 176 Å².